The smallest absolute Gasteiger partial charge is 0.0250 e. The highest BCUT2D eigenvalue weighted by atomic mass is 14.2. The molecule has 0 unspecified atom stereocenters. The van der Waals surface area contributed by atoms with E-state index in [1.807, 2.05) is 0 Å². The van der Waals surface area contributed by atoms with Gasteiger partial charge in [0.25, 0.3) is 0 Å². The van der Waals surface area contributed by atoms with Gasteiger partial charge in [-0.1, -0.05) is 91.0 Å². The number of hydrogen-bond acceptors (Lipinski definition) is 0. The summed E-state index contributed by atoms with van der Waals surface area (Å²) >= 11 is 0. The molecule has 3 aromatic carbocycles. The average Bonchev–Trinajstić information content (AvgIpc) is 2.70. The highest BCUT2D eigenvalue weighted by Crippen LogP contribution is 2.22. The molecular weight excluding hydrogens is 312 g/mol. The van der Waals surface area contributed by atoms with Crippen LogP contribution in [0.4, 0.5) is 0 Å². The maximum Gasteiger partial charge on any atom is -0.0250 e. The van der Waals surface area contributed by atoms with E-state index >= 15 is 0 Å². The quantitative estimate of drug-likeness (QED) is 0.376. The predicted molar refractivity (Wildman–Crippen MR) is 112 cm³/mol. The first-order chi connectivity index (χ1) is 12.9. The lowest BCUT2D eigenvalue weighted by molar-refractivity contribution is 0.421. The Bertz CT molecular complexity index is 670. The first-order valence-corrected chi connectivity index (χ1v) is 10.0. The monoisotopic (exact) mass is 342 g/mol. The molecule has 0 spiro atoms. The molecule has 0 heteroatoms. The van der Waals surface area contributed by atoms with Crippen molar-refractivity contribution in [3.63, 3.8) is 0 Å². The van der Waals surface area contributed by atoms with Crippen molar-refractivity contribution >= 4 is 0 Å². The highest BCUT2D eigenvalue weighted by Gasteiger charge is 2.10. The van der Waals surface area contributed by atoms with E-state index in [2.05, 4.69) is 91.0 Å². The Balaban J connectivity index is 1.50. The second-order valence-electron chi connectivity index (χ2n) is 7.31. The van der Waals surface area contributed by atoms with Gasteiger partial charge in [-0.2, -0.15) is 0 Å². The summed E-state index contributed by atoms with van der Waals surface area (Å²) in [5, 5.41) is 0. The second kappa shape index (κ2) is 10.6. The Morgan fingerprint density at radius 3 is 1.27 bits per heavy atom. The summed E-state index contributed by atoms with van der Waals surface area (Å²) in [7, 11) is 0. The number of hydrogen-bond donors (Lipinski definition) is 0. The maximum atomic E-state index is 2.28. The molecule has 134 valence electrons. The zero-order chi connectivity index (χ0) is 17.9. The molecule has 0 nitrogen and oxygen atoms in total. The zero-order valence-corrected chi connectivity index (χ0v) is 15.7. The van der Waals surface area contributed by atoms with Crippen molar-refractivity contribution in [3.05, 3.63) is 108 Å². The molecule has 26 heavy (non-hydrogen) atoms. The standard InChI is InChI=1S/C26H30/c1-4-12-23(13-5-1)18-10-20-26(22-25-16-8-3-9-17-25)21-11-19-24-14-6-2-7-15-24/h1-9,12-17,26H,10-11,18-22H2. The van der Waals surface area contributed by atoms with Crippen LogP contribution in [0.2, 0.25) is 0 Å². The fourth-order valence-corrected chi connectivity index (χ4v) is 3.77. The number of rotatable bonds is 10. The van der Waals surface area contributed by atoms with Gasteiger partial charge in [0.2, 0.25) is 0 Å². The summed E-state index contributed by atoms with van der Waals surface area (Å²) in [6.07, 6.45) is 8.82. The van der Waals surface area contributed by atoms with Gasteiger partial charge in [0.1, 0.15) is 0 Å². The van der Waals surface area contributed by atoms with Gasteiger partial charge in [-0.3, -0.25) is 0 Å². The third kappa shape index (κ3) is 6.52. The molecule has 0 amide bonds. The fraction of sp³-hybridized carbons (Fsp3) is 0.308. The number of aryl methyl sites for hydroxylation is 2. The molecule has 0 aromatic heterocycles. The molecule has 0 aliphatic heterocycles. The van der Waals surface area contributed by atoms with Crippen molar-refractivity contribution in [2.75, 3.05) is 0 Å². The summed E-state index contributed by atoms with van der Waals surface area (Å²) in [6.45, 7) is 0. The van der Waals surface area contributed by atoms with Crippen LogP contribution in [-0.2, 0) is 19.3 Å². The first kappa shape index (κ1) is 18.5. The average molecular weight is 343 g/mol. The fourth-order valence-electron chi connectivity index (χ4n) is 3.77. The van der Waals surface area contributed by atoms with Gasteiger partial charge in [0.05, 0.1) is 0 Å². The summed E-state index contributed by atoms with van der Waals surface area (Å²) in [5.41, 5.74) is 4.42. The highest BCUT2D eigenvalue weighted by molar-refractivity contribution is 5.17. The van der Waals surface area contributed by atoms with Gasteiger partial charge in [-0.15, -0.1) is 0 Å². The van der Waals surface area contributed by atoms with E-state index in [1.165, 1.54) is 61.6 Å². The molecule has 0 aliphatic rings. The zero-order valence-electron chi connectivity index (χ0n) is 15.7. The van der Waals surface area contributed by atoms with Crippen LogP contribution in [0.1, 0.15) is 42.4 Å². The lowest BCUT2D eigenvalue weighted by Gasteiger charge is -2.17. The third-order valence-corrected chi connectivity index (χ3v) is 5.21. The van der Waals surface area contributed by atoms with E-state index in [4.69, 9.17) is 0 Å². The van der Waals surface area contributed by atoms with Crippen LogP contribution in [0.3, 0.4) is 0 Å². The Morgan fingerprint density at radius 2 is 0.846 bits per heavy atom. The van der Waals surface area contributed by atoms with E-state index in [-0.39, 0.29) is 0 Å². The van der Waals surface area contributed by atoms with Crippen molar-refractivity contribution in [3.8, 4) is 0 Å². The molecule has 0 bridgehead atoms. The maximum absolute atomic E-state index is 2.28. The van der Waals surface area contributed by atoms with Gasteiger partial charge in [-0.25, -0.2) is 0 Å². The van der Waals surface area contributed by atoms with E-state index < -0.39 is 0 Å². The van der Waals surface area contributed by atoms with Crippen LogP contribution in [0, 0.1) is 5.92 Å². The third-order valence-electron chi connectivity index (χ3n) is 5.21. The van der Waals surface area contributed by atoms with Crippen LogP contribution < -0.4 is 0 Å². The van der Waals surface area contributed by atoms with Gasteiger partial charge in [0, 0.05) is 0 Å². The Labute approximate surface area is 158 Å². The largest absolute Gasteiger partial charge is 0.0622 e. The normalized spacial score (nSPS) is 11.0. The molecule has 0 aliphatic carbocycles. The van der Waals surface area contributed by atoms with Gasteiger partial charge in [0.15, 0.2) is 0 Å². The first-order valence-electron chi connectivity index (χ1n) is 10.0. The molecule has 0 atom stereocenters. The molecule has 0 radical (unpaired) electrons. The minimum Gasteiger partial charge on any atom is -0.0622 e. The Morgan fingerprint density at radius 1 is 0.462 bits per heavy atom. The Hall–Kier alpha value is -2.34. The van der Waals surface area contributed by atoms with E-state index in [1.54, 1.807) is 0 Å². The van der Waals surface area contributed by atoms with Crippen LogP contribution in [-0.4, -0.2) is 0 Å². The lowest BCUT2D eigenvalue weighted by atomic mass is 9.88. The molecule has 0 N–H and O–H groups in total. The SMILES string of the molecule is c1ccc(CCCC(CCCc2ccccc2)Cc2ccccc2)cc1. The van der Waals surface area contributed by atoms with Crippen molar-refractivity contribution in [2.45, 2.75) is 44.9 Å². The van der Waals surface area contributed by atoms with Crippen molar-refractivity contribution in [1.29, 1.82) is 0 Å². The molecule has 3 aromatic rings. The van der Waals surface area contributed by atoms with Crippen LogP contribution in [0.15, 0.2) is 91.0 Å². The summed E-state index contributed by atoms with van der Waals surface area (Å²) in [4.78, 5) is 0. The second-order valence-corrected chi connectivity index (χ2v) is 7.31. The molecule has 0 saturated heterocycles. The molecule has 0 fully saturated rings. The van der Waals surface area contributed by atoms with Gasteiger partial charge >= 0.3 is 0 Å². The summed E-state index contributed by atoms with van der Waals surface area (Å²) in [6, 6.07) is 32.8. The molecular formula is C26H30. The van der Waals surface area contributed by atoms with Crippen molar-refractivity contribution in [1.82, 2.24) is 0 Å². The topological polar surface area (TPSA) is 0 Å². The molecule has 0 saturated carbocycles. The van der Waals surface area contributed by atoms with E-state index in [9.17, 15) is 0 Å². The minimum atomic E-state index is 0.782. The lowest BCUT2D eigenvalue weighted by Crippen LogP contribution is -2.06. The van der Waals surface area contributed by atoms with Crippen LogP contribution >= 0.6 is 0 Å². The summed E-state index contributed by atoms with van der Waals surface area (Å²) in [5.74, 6) is 0.782. The van der Waals surface area contributed by atoms with Crippen molar-refractivity contribution < 1.29 is 0 Å². The van der Waals surface area contributed by atoms with Gasteiger partial charge < -0.3 is 0 Å². The Kier molecular flexibility index (Phi) is 7.53. The van der Waals surface area contributed by atoms with Crippen molar-refractivity contribution in [2.24, 2.45) is 5.92 Å². The predicted octanol–water partition coefficient (Wildman–Crippen LogP) is 6.89. The molecule has 0 heterocycles. The number of benzene rings is 3. The molecule has 3 rings (SSSR count). The van der Waals surface area contributed by atoms with E-state index in [0.717, 1.165) is 5.92 Å². The van der Waals surface area contributed by atoms with Gasteiger partial charge in [-0.05, 0) is 67.6 Å². The summed E-state index contributed by atoms with van der Waals surface area (Å²) < 4.78 is 0. The minimum absolute atomic E-state index is 0.782. The van der Waals surface area contributed by atoms with Crippen LogP contribution in [0.25, 0.3) is 0 Å². The van der Waals surface area contributed by atoms with E-state index in [0.29, 0.717) is 0 Å². The van der Waals surface area contributed by atoms with Crippen LogP contribution in [0.5, 0.6) is 0 Å².